The summed E-state index contributed by atoms with van der Waals surface area (Å²) in [5, 5.41) is 1.80. The number of nitrogens with zero attached hydrogens (tertiary/aromatic N) is 1. The van der Waals surface area contributed by atoms with Crippen molar-refractivity contribution in [3.8, 4) is 5.75 Å². The van der Waals surface area contributed by atoms with Gasteiger partial charge in [-0.2, -0.15) is 0 Å². The zero-order valence-electron chi connectivity index (χ0n) is 14.7. The van der Waals surface area contributed by atoms with Crippen LogP contribution in [0, 0.1) is 5.92 Å². The molecule has 1 fully saturated rings. The summed E-state index contributed by atoms with van der Waals surface area (Å²) in [7, 11) is 1.63. The van der Waals surface area contributed by atoms with Crippen LogP contribution < -0.4 is 9.80 Å². The van der Waals surface area contributed by atoms with E-state index in [-0.39, 0.29) is 24.7 Å². The van der Waals surface area contributed by atoms with E-state index in [0.29, 0.717) is 0 Å². The van der Waals surface area contributed by atoms with Gasteiger partial charge in [-0.15, -0.1) is 0 Å². The molecule has 1 aliphatic rings. The van der Waals surface area contributed by atoms with E-state index < -0.39 is 5.92 Å². The van der Waals surface area contributed by atoms with Crippen LogP contribution in [0.15, 0.2) is 54.6 Å². The number of rotatable bonds is 5. The highest BCUT2D eigenvalue weighted by atomic mass is 16.7. The molecule has 0 radical (unpaired) electrons. The van der Waals surface area contributed by atoms with E-state index in [1.807, 2.05) is 68.4 Å². The lowest BCUT2D eigenvalue weighted by molar-refractivity contribution is -0.152. The number of anilines is 1. The van der Waals surface area contributed by atoms with Crippen molar-refractivity contribution in [2.45, 2.75) is 26.0 Å². The standard InChI is InChI=1S/C20H23NO4/c1-14(2)25-20(22)18-13-24-21(16-7-5-4-6-8-16)19(18)15-9-11-17(23-3)12-10-15/h4-12,14,18-19H,13H2,1-3H3/t18-,19-/m0/s1. The molecule has 0 spiro atoms. The highest BCUT2D eigenvalue weighted by Crippen LogP contribution is 2.40. The Balaban J connectivity index is 1.94. The number of benzene rings is 2. The average Bonchev–Trinajstić information content (AvgIpc) is 3.07. The molecule has 1 saturated heterocycles. The summed E-state index contributed by atoms with van der Waals surface area (Å²) in [4.78, 5) is 18.5. The van der Waals surface area contributed by atoms with Crippen molar-refractivity contribution in [2.75, 3.05) is 18.8 Å². The third-order valence-corrected chi connectivity index (χ3v) is 4.15. The number of para-hydroxylation sites is 1. The van der Waals surface area contributed by atoms with Gasteiger partial charge in [0.25, 0.3) is 0 Å². The first-order chi connectivity index (χ1) is 12.1. The smallest absolute Gasteiger partial charge is 0.314 e. The summed E-state index contributed by atoms with van der Waals surface area (Å²) in [6.45, 7) is 3.99. The lowest BCUT2D eigenvalue weighted by Gasteiger charge is -2.27. The molecule has 5 heteroatoms. The summed E-state index contributed by atoms with van der Waals surface area (Å²) in [5.74, 6) is 0.139. The summed E-state index contributed by atoms with van der Waals surface area (Å²) >= 11 is 0. The first-order valence-electron chi connectivity index (χ1n) is 8.42. The summed E-state index contributed by atoms with van der Waals surface area (Å²) in [6.07, 6.45) is -0.158. The number of methoxy groups -OCH3 is 1. The Morgan fingerprint density at radius 3 is 2.40 bits per heavy atom. The molecule has 3 rings (SSSR count). The minimum Gasteiger partial charge on any atom is -0.497 e. The molecule has 0 bridgehead atoms. The van der Waals surface area contributed by atoms with Gasteiger partial charge < -0.3 is 9.47 Å². The number of hydrogen-bond acceptors (Lipinski definition) is 5. The minimum absolute atomic E-state index is 0.158. The maximum Gasteiger partial charge on any atom is 0.314 e. The molecule has 0 aliphatic carbocycles. The quantitative estimate of drug-likeness (QED) is 0.775. The monoisotopic (exact) mass is 341 g/mol. The molecule has 0 amide bonds. The molecule has 5 nitrogen and oxygen atoms in total. The van der Waals surface area contributed by atoms with Crippen molar-refractivity contribution in [2.24, 2.45) is 5.92 Å². The van der Waals surface area contributed by atoms with Gasteiger partial charge in [0.05, 0.1) is 31.5 Å². The van der Waals surface area contributed by atoms with E-state index in [1.165, 1.54) is 0 Å². The number of carbonyl (C=O) groups excluding carboxylic acids is 1. The van der Waals surface area contributed by atoms with Gasteiger partial charge in [0.15, 0.2) is 0 Å². The molecule has 25 heavy (non-hydrogen) atoms. The van der Waals surface area contributed by atoms with Crippen LogP contribution in [0.25, 0.3) is 0 Å². The summed E-state index contributed by atoms with van der Waals surface area (Å²) in [5.41, 5.74) is 1.89. The molecule has 2 atom stereocenters. The van der Waals surface area contributed by atoms with E-state index in [0.717, 1.165) is 17.0 Å². The lowest BCUT2D eigenvalue weighted by Crippen LogP contribution is -2.30. The Morgan fingerprint density at radius 2 is 1.80 bits per heavy atom. The first-order valence-corrected chi connectivity index (χ1v) is 8.42. The molecule has 1 aliphatic heterocycles. The topological polar surface area (TPSA) is 48.0 Å². The van der Waals surface area contributed by atoms with E-state index >= 15 is 0 Å². The fourth-order valence-electron chi connectivity index (χ4n) is 2.99. The predicted molar refractivity (Wildman–Crippen MR) is 95.3 cm³/mol. The van der Waals surface area contributed by atoms with Crippen LogP contribution in [0.3, 0.4) is 0 Å². The van der Waals surface area contributed by atoms with Crippen LogP contribution in [-0.4, -0.2) is 25.8 Å². The van der Waals surface area contributed by atoms with Crippen LogP contribution in [0.2, 0.25) is 0 Å². The molecule has 0 aromatic heterocycles. The van der Waals surface area contributed by atoms with Crippen molar-refractivity contribution < 1.29 is 19.1 Å². The van der Waals surface area contributed by atoms with Crippen molar-refractivity contribution in [3.05, 3.63) is 60.2 Å². The largest absolute Gasteiger partial charge is 0.497 e. The molecule has 1 heterocycles. The van der Waals surface area contributed by atoms with Crippen LogP contribution in [0.1, 0.15) is 25.5 Å². The van der Waals surface area contributed by atoms with Gasteiger partial charge in [-0.1, -0.05) is 30.3 Å². The lowest BCUT2D eigenvalue weighted by atomic mass is 9.93. The Labute approximate surface area is 148 Å². The molecule has 0 unspecified atom stereocenters. The molecule has 132 valence electrons. The molecule has 2 aromatic rings. The minimum atomic E-state index is -0.393. The molecular formula is C20H23NO4. The van der Waals surface area contributed by atoms with Crippen molar-refractivity contribution >= 4 is 11.7 Å². The molecule has 2 aromatic carbocycles. The second kappa shape index (κ2) is 7.57. The zero-order chi connectivity index (χ0) is 17.8. The highest BCUT2D eigenvalue weighted by Gasteiger charge is 2.42. The van der Waals surface area contributed by atoms with Gasteiger partial charge in [0, 0.05) is 0 Å². The summed E-state index contributed by atoms with van der Waals surface area (Å²) < 4.78 is 10.7. The van der Waals surface area contributed by atoms with Gasteiger partial charge in [0.1, 0.15) is 11.7 Å². The summed E-state index contributed by atoms with van der Waals surface area (Å²) in [6, 6.07) is 17.2. The first kappa shape index (κ1) is 17.3. The maximum atomic E-state index is 12.6. The Morgan fingerprint density at radius 1 is 1.12 bits per heavy atom. The van der Waals surface area contributed by atoms with Gasteiger partial charge in [0.2, 0.25) is 0 Å². The Hall–Kier alpha value is -2.53. The number of hydroxylamine groups is 1. The van der Waals surface area contributed by atoms with Crippen LogP contribution in [-0.2, 0) is 14.4 Å². The Bertz CT molecular complexity index is 699. The highest BCUT2D eigenvalue weighted by molar-refractivity contribution is 5.75. The third-order valence-electron chi connectivity index (χ3n) is 4.15. The number of esters is 1. The molecular weight excluding hydrogens is 318 g/mol. The normalized spacial score (nSPS) is 19.9. The van der Waals surface area contributed by atoms with Crippen LogP contribution in [0.4, 0.5) is 5.69 Å². The van der Waals surface area contributed by atoms with E-state index in [4.69, 9.17) is 14.3 Å². The van der Waals surface area contributed by atoms with Crippen LogP contribution >= 0.6 is 0 Å². The van der Waals surface area contributed by atoms with Crippen LogP contribution in [0.5, 0.6) is 5.75 Å². The zero-order valence-corrected chi connectivity index (χ0v) is 14.7. The average molecular weight is 341 g/mol. The SMILES string of the molecule is COc1ccc([C@H]2[C@@H](C(=O)OC(C)C)CON2c2ccccc2)cc1. The second-order valence-electron chi connectivity index (χ2n) is 6.27. The van der Waals surface area contributed by atoms with Crippen molar-refractivity contribution in [3.63, 3.8) is 0 Å². The maximum absolute atomic E-state index is 12.6. The third kappa shape index (κ3) is 3.77. The van der Waals surface area contributed by atoms with Gasteiger partial charge >= 0.3 is 5.97 Å². The molecule has 0 N–H and O–H groups in total. The fourth-order valence-corrected chi connectivity index (χ4v) is 2.99. The Kier molecular flexibility index (Phi) is 5.24. The van der Waals surface area contributed by atoms with Gasteiger partial charge in [-0.3, -0.25) is 9.63 Å². The molecule has 0 saturated carbocycles. The van der Waals surface area contributed by atoms with Crippen molar-refractivity contribution in [1.82, 2.24) is 0 Å². The predicted octanol–water partition coefficient (Wildman–Crippen LogP) is 3.76. The van der Waals surface area contributed by atoms with E-state index in [2.05, 4.69) is 0 Å². The van der Waals surface area contributed by atoms with Crippen molar-refractivity contribution in [1.29, 1.82) is 0 Å². The van der Waals surface area contributed by atoms with Gasteiger partial charge in [-0.25, -0.2) is 5.06 Å². The van der Waals surface area contributed by atoms with E-state index in [1.54, 1.807) is 12.2 Å². The van der Waals surface area contributed by atoms with Gasteiger partial charge in [-0.05, 0) is 43.7 Å². The number of ether oxygens (including phenoxy) is 2. The van der Waals surface area contributed by atoms with E-state index in [9.17, 15) is 4.79 Å². The fraction of sp³-hybridized carbons (Fsp3) is 0.350. The second-order valence-corrected chi connectivity index (χ2v) is 6.27. The number of carbonyl (C=O) groups is 1. The number of hydrogen-bond donors (Lipinski definition) is 0.